The molecule has 0 spiro atoms. The first-order valence-electron chi connectivity index (χ1n) is 7.08. The Labute approximate surface area is 119 Å². The average molecular weight is 278 g/mol. The number of nitro benzene ring substituents is 1. The van der Waals surface area contributed by atoms with Gasteiger partial charge in [-0.15, -0.1) is 0 Å². The summed E-state index contributed by atoms with van der Waals surface area (Å²) in [5.41, 5.74) is 1.34. The lowest BCUT2D eigenvalue weighted by molar-refractivity contribution is -0.383. The quantitative estimate of drug-likeness (QED) is 0.640. The highest BCUT2D eigenvalue weighted by Crippen LogP contribution is 2.33. The van der Waals surface area contributed by atoms with Gasteiger partial charge in [-0.2, -0.15) is 0 Å². The molecule has 1 fully saturated rings. The number of benzene rings is 1. The number of nitrogens with zero attached hydrogens (tertiary/aromatic N) is 2. The van der Waals surface area contributed by atoms with Crippen LogP contribution in [0.2, 0.25) is 0 Å². The summed E-state index contributed by atoms with van der Waals surface area (Å²) in [7, 11) is 2.10. The molecule has 0 unspecified atom stereocenters. The third-order valence-electron chi connectivity index (χ3n) is 3.66. The van der Waals surface area contributed by atoms with E-state index in [0.29, 0.717) is 24.0 Å². The van der Waals surface area contributed by atoms with Crippen molar-refractivity contribution in [3.8, 4) is 0 Å². The molecule has 1 aliphatic heterocycles. The fourth-order valence-electron chi connectivity index (χ4n) is 2.56. The number of para-hydroxylation sites is 1. The van der Waals surface area contributed by atoms with Crippen LogP contribution in [0.15, 0.2) is 18.2 Å². The van der Waals surface area contributed by atoms with E-state index >= 15 is 0 Å². The zero-order valence-electron chi connectivity index (χ0n) is 12.1. The van der Waals surface area contributed by atoms with Gasteiger partial charge in [-0.05, 0) is 52.0 Å². The van der Waals surface area contributed by atoms with Gasteiger partial charge >= 0.3 is 5.69 Å². The van der Waals surface area contributed by atoms with E-state index in [2.05, 4.69) is 22.6 Å². The predicted octanol–water partition coefficient (Wildman–Crippen LogP) is 2.53. The van der Waals surface area contributed by atoms with Crippen molar-refractivity contribution in [1.29, 1.82) is 0 Å². The van der Waals surface area contributed by atoms with Gasteiger partial charge in [-0.1, -0.05) is 6.07 Å². The van der Waals surface area contributed by atoms with Gasteiger partial charge in [0.15, 0.2) is 0 Å². The number of anilines is 2. The fourth-order valence-corrected chi connectivity index (χ4v) is 2.56. The van der Waals surface area contributed by atoms with Crippen LogP contribution >= 0.6 is 0 Å². The molecule has 0 atom stereocenters. The first-order chi connectivity index (χ1) is 9.61. The van der Waals surface area contributed by atoms with Crippen molar-refractivity contribution < 1.29 is 4.92 Å². The number of nitro groups is 1. The monoisotopic (exact) mass is 278 g/mol. The molecule has 1 aromatic carbocycles. The Bertz CT molecular complexity index is 470. The maximum Gasteiger partial charge on any atom is 0.315 e. The van der Waals surface area contributed by atoms with Gasteiger partial charge in [-0.25, -0.2) is 0 Å². The average Bonchev–Trinajstić information content (AvgIpc) is 2.41. The Morgan fingerprint density at radius 3 is 2.60 bits per heavy atom. The number of nitrogens with one attached hydrogen (secondary N) is 2. The van der Waals surface area contributed by atoms with E-state index in [0.717, 1.165) is 25.9 Å². The molecule has 0 aliphatic carbocycles. The summed E-state index contributed by atoms with van der Waals surface area (Å²) in [5.74, 6) is 0. The van der Waals surface area contributed by atoms with Crippen LogP contribution in [0.5, 0.6) is 0 Å². The second-order valence-corrected chi connectivity index (χ2v) is 5.21. The second kappa shape index (κ2) is 6.56. The minimum atomic E-state index is -0.310. The van der Waals surface area contributed by atoms with Crippen molar-refractivity contribution in [2.75, 3.05) is 37.3 Å². The molecule has 1 aromatic rings. The van der Waals surface area contributed by atoms with Crippen molar-refractivity contribution in [3.63, 3.8) is 0 Å². The van der Waals surface area contributed by atoms with Gasteiger partial charge in [0.1, 0.15) is 11.4 Å². The smallest absolute Gasteiger partial charge is 0.315 e. The second-order valence-electron chi connectivity index (χ2n) is 5.21. The zero-order chi connectivity index (χ0) is 14.5. The third-order valence-corrected chi connectivity index (χ3v) is 3.66. The van der Waals surface area contributed by atoms with Gasteiger partial charge in [0.2, 0.25) is 0 Å². The first-order valence-corrected chi connectivity index (χ1v) is 7.08. The van der Waals surface area contributed by atoms with E-state index in [1.165, 1.54) is 0 Å². The normalized spacial score (nSPS) is 16.9. The van der Waals surface area contributed by atoms with Gasteiger partial charge in [0.25, 0.3) is 0 Å². The number of rotatable bonds is 5. The van der Waals surface area contributed by atoms with Crippen molar-refractivity contribution in [1.82, 2.24) is 4.90 Å². The summed E-state index contributed by atoms with van der Waals surface area (Å²) in [6.07, 6.45) is 2.03. The van der Waals surface area contributed by atoms with Crippen LogP contribution in [-0.2, 0) is 0 Å². The summed E-state index contributed by atoms with van der Waals surface area (Å²) in [4.78, 5) is 13.3. The van der Waals surface area contributed by atoms with Gasteiger partial charge < -0.3 is 15.5 Å². The Balaban J connectivity index is 2.18. The first kappa shape index (κ1) is 14.6. The summed E-state index contributed by atoms with van der Waals surface area (Å²) in [5, 5.41) is 17.7. The van der Waals surface area contributed by atoms with Crippen LogP contribution in [0.3, 0.4) is 0 Å². The molecule has 1 aliphatic rings. The molecule has 0 bridgehead atoms. The van der Waals surface area contributed by atoms with Crippen LogP contribution in [-0.4, -0.2) is 42.5 Å². The highest BCUT2D eigenvalue weighted by molar-refractivity contribution is 5.76. The minimum absolute atomic E-state index is 0.147. The summed E-state index contributed by atoms with van der Waals surface area (Å²) in [6.45, 7) is 4.65. The van der Waals surface area contributed by atoms with Crippen LogP contribution in [0.1, 0.15) is 19.8 Å². The lowest BCUT2D eigenvalue weighted by atomic mass is 10.0. The van der Waals surface area contributed by atoms with Crippen molar-refractivity contribution in [2.45, 2.75) is 25.8 Å². The molecule has 1 saturated heterocycles. The number of hydrogen-bond acceptors (Lipinski definition) is 5. The molecule has 1 heterocycles. The lowest BCUT2D eigenvalue weighted by Crippen LogP contribution is -2.36. The van der Waals surface area contributed by atoms with Crippen molar-refractivity contribution in [3.05, 3.63) is 28.3 Å². The largest absolute Gasteiger partial charge is 0.380 e. The maximum absolute atomic E-state index is 11.3. The Morgan fingerprint density at radius 1 is 1.35 bits per heavy atom. The van der Waals surface area contributed by atoms with Crippen LogP contribution in [0.25, 0.3) is 0 Å². The van der Waals surface area contributed by atoms with E-state index in [4.69, 9.17) is 0 Å². The van der Waals surface area contributed by atoms with Crippen molar-refractivity contribution >= 4 is 17.1 Å². The molecule has 20 heavy (non-hydrogen) atoms. The summed E-state index contributed by atoms with van der Waals surface area (Å²) >= 11 is 0. The molecule has 6 nitrogen and oxygen atoms in total. The SMILES string of the molecule is CCNc1cccc(NC2CCN(C)CC2)c1[N+](=O)[O-]. The number of piperidine rings is 1. The summed E-state index contributed by atoms with van der Waals surface area (Å²) < 4.78 is 0. The molecule has 0 aromatic heterocycles. The molecule has 2 N–H and O–H groups in total. The molecular weight excluding hydrogens is 256 g/mol. The van der Waals surface area contributed by atoms with Crippen LogP contribution in [0.4, 0.5) is 17.1 Å². The summed E-state index contributed by atoms with van der Waals surface area (Å²) in [6, 6.07) is 5.70. The van der Waals surface area contributed by atoms with E-state index < -0.39 is 0 Å². The van der Waals surface area contributed by atoms with E-state index in [9.17, 15) is 10.1 Å². The highest BCUT2D eigenvalue weighted by Gasteiger charge is 2.23. The van der Waals surface area contributed by atoms with Gasteiger partial charge in [-0.3, -0.25) is 10.1 Å². The molecule has 110 valence electrons. The Kier molecular flexibility index (Phi) is 4.79. The third kappa shape index (κ3) is 3.39. The fraction of sp³-hybridized carbons (Fsp3) is 0.571. The minimum Gasteiger partial charge on any atom is -0.380 e. The van der Waals surface area contributed by atoms with E-state index in [1.54, 1.807) is 12.1 Å². The molecular formula is C14H22N4O2. The molecule has 0 saturated carbocycles. The molecule has 6 heteroatoms. The van der Waals surface area contributed by atoms with E-state index in [-0.39, 0.29) is 10.6 Å². The molecule has 2 rings (SSSR count). The van der Waals surface area contributed by atoms with Gasteiger partial charge in [0, 0.05) is 12.6 Å². The van der Waals surface area contributed by atoms with E-state index in [1.807, 2.05) is 13.0 Å². The lowest BCUT2D eigenvalue weighted by Gasteiger charge is -2.30. The predicted molar refractivity (Wildman–Crippen MR) is 81.4 cm³/mol. The molecule has 0 radical (unpaired) electrons. The Morgan fingerprint density at radius 2 is 2.00 bits per heavy atom. The topological polar surface area (TPSA) is 70.4 Å². The van der Waals surface area contributed by atoms with Crippen molar-refractivity contribution in [2.24, 2.45) is 0 Å². The zero-order valence-corrected chi connectivity index (χ0v) is 12.1. The van der Waals surface area contributed by atoms with Crippen LogP contribution < -0.4 is 10.6 Å². The van der Waals surface area contributed by atoms with Crippen LogP contribution in [0, 0.1) is 10.1 Å². The molecule has 0 amide bonds. The Hall–Kier alpha value is -1.82. The number of likely N-dealkylation sites (tertiary alicyclic amines) is 1. The standard InChI is InChI=1S/C14H22N4O2/c1-3-15-12-5-4-6-13(14(12)18(19)20)16-11-7-9-17(2)10-8-11/h4-6,11,15-16H,3,7-10H2,1-2H3. The number of hydrogen-bond donors (Lipinski definition) is 2. The highest BCUT2D eigenvalue weighted by atomic mass is 16.6. The maximum atomic E-state index is 11.3. The van der Waals surface area contributed by atoms with Gasteiger partial charge in [0.05, 0.1) is 4.92 Å².